The molecule has 1 aromatic carbocycles. The van der Waals surface area contributed by atoms with Gasteiger partial charge in [-0.3, -0.25) is 10.1 Å². The molecule has 126 valence electrons. The molecule has 3 rings (SSSR count). The number of rotatable bonds is 3. The van der Waals surface area contributed by atoms with E-state index in [1.165, 1.54) is 18.3 Å². The fourth-order valence-corrected chi connectivity index (χ4v) is 2.79. The third-order valence-corrected chi connectivity index (χ3v) is 3.86. The minimum Gasteiger partial charge on any atom is -0.497 e. The van der Waals surface area contributed by atoms with Gasteiger partial charge in [-0.2, -0.15) is 0 Å². The Kier molecular flexibility index (Phi) is 4.01. The smallest absolute Gasteiger partial charge is 0.274 e. The van der Waals surface area contributed by atoms with E-state index in [-0.39, 0.29) is 5.69 Å². The summed E-state index contributed by atoms with van der Waals surface area (Å²) in [5, 5.41) is 11.0. The Morgan fingerprint density at radius 2 is 2.12 bits per heavy atom. The molecule has 2 aromatic rings. The van der Waals surface area contributed by atoms with E-state index < -0.39 is 10.5 Å². The first kappa shape index (κ1) is 16.0. The lowest BCUT2D eigenvalue weighted by Gasteiger charge is -2.30. The highest BCUT2D eigenvalue weighted by atomic mass is 16.6. The average molecular weight is 329 g/mol. The van der Waals surface area contributed by atoms with Crippen molar-refractivity contribution in [2.45, 2.75) is 26.0 Å². The minimum atomic E-state index is -0.482. The first-order valence-electron chi connectivity index (χ1n) is 7.59. The molecule has 24 heavy (non-hydrogen) atoms. The summed E-state index contributed by atoms with van der Waals surface area (Å²) in [7, 11) is 1.61. The zero-order valence-electron chi connectivity index (χ0n) is 13.9. The molecule has 1 aliphatic rings. The molecule has 0 atom stereocenters. The van der Waals surface area contributed by atoms with Gasteiger partial charge in [0.1, 0.15) is 22.9 Å². The van der Waals surface area contributed by atoms with Crippen LogP contribution < -0.4 is 14.4 Å². The average Bonchev–Trinajstić information content (AvgIpc) is 2.68. The van der Waals surface area contributed by atoms with E-state index in [2.05, 4.69) is 4.98 Å². The summed E-state index contributed by atoms with van der Waals surface area (Å²) in [5.74, 6) is 2.04. The van der Waals surface area contributed by atoms with Gasteiger partial charge in [-0.1, -0.05) is 0 Å². The lowest BCUT2D eigenvalue weighted by Crippen LogP contribution is -2.40. The van der Waals surface area contributed by atoms with Gasteiger partial charge in [-0.05, 0) is 26.0 Å². The molecule has 1 aromatic heterocycles. The van der Waals surface area contributed by atoms with Gasteiger partial charge in [0.2, 0.25) is 0 Å². The number of pyridine rings is 1. The SMILES string of the molecule is COc1ccc2c(c1)OC(C)(C)CN(c1cc([N+](=O)[O-])ccn1)C2. The molecule has 0 amide bonds. The fraction of sp³-hybridized carbons (Fsp3) is 0.353. The topological polar surface area (TPSA) is 77.7 Å². The van der Waals surface area contributed by atoms with Gasteiger partial charge in [0, 0.05) is 30.4 Å². The zero-order chi connectivity index (χ0) is 17.3. The Bertz CT molecular complexity index is 776. The molecule has 0 unspecified atom stereocenters. The van der Waals surface area contributed by atoms with E-state index in [4.69, 9.17) is 9.47 Å². The molecule has 0 aliphatic carbocycles. The largest absolute Gasteiger partial charge is 0.497 e. The van der Waals surface area contributed by atoms with E-state index in [1.54, 1.807) is 7.11 Å². The van der Waals surface area contributed by atoms with Crippen molar-refractivity contribution in [3.8, 4) is 11.5 Å². The molecule has 0 saturated carbocycles. The van der Waals surface area contributed by atoms with Gasteiger partial charge < -0.3 is 14.4 Å². The molecule has 0 spiro atoms. The van der Waals surface area contributed by atoms with Crippen LogP contribution in [0.15, 0.2) is 36.5 Å². The summed E-state index contributed by atoms with van der Waals surface area (Å²) in [6.07, 6.45) is 1.46. The molecule has 0 radical (unpaired) electrons. The van der Waals surface area contributed by atoms with Crippen molar-refractivity contribution in [3.05, 3.63) is 52.2 Å². The van der Waals surface area contributed by atoms with Crippen LogP contribution in [0.1, 0.15) is 19.4 Å². The van der Waals surface area contributed by atoms with Crippen LogP contribution in [-0.2, 0) is 6.54 Å². The van der Waals surface area contributed by atoms with Crippen molar-refractivity contribution in [1.82, 2.24) is 4.98 Å². The van der Waals surface area contributed by atoms with Crippen molar-refractivity contribution < 1.29 is 14.4 Å². The third kappa shape index (κ3) is 3.24. The number of ether oxygens (including phenoxy) is 2. The number of methoxy groups -OCH3 is 1. The van der Waals surface area contributed by atoms with Crippen LogP contribution in [0.5, 0.6) is 11.5 Å². The number of benzene rings is 1. The second-order valence-electron chi connectivity index (χ2n) is 6.32. The van der Waals surface area contributed by atoms with Gasteiger partial charge >= 0.3 is 0 Å². The minimum absolute atomic E-state index is 0.0259. The van der Waals surface area contributed by atoms with Gasteiger partial charge in [0.15, 0.2) is 0 Å². The van der Waals surface area contributed by atoms with Crippen LogP contribution >= 0.6 is 0 Å². The van der Waals surface area contributed by atoms with E-state index >= 15 is 0 Å². The summed E-state index contributed by atoms with van der Waals surface area (Å²) in [6.45, 7) is 5.06. The number of nitro groups is 1. The zero-order valence-corrected chi connectivity index (χ0v) is 13.9. The van der Waals surface area contributed by atoms with Crippen molar-refractivity contribution in [1.29, 1.82) is 0 Å². The van der Waals surface area contributed by atoms with Crippen molar-refractivity contribution in [2.24, 2.45) is 0 Å². The maximum atomic E-state index is 11.0. The first-order valence-corrected chi connectivity index (χ1v) is 7.59. The monoisotopic (exact) mass is 329 g/mol. The number of fused-ring (bicyclic) bond motifs is 1. The van der Waals surface area contributed by atoms with E-state index in [0.29, 0.717) is 18.9 Å². The van der Waals surface area contributed by atoms with Gasteiger partial charge in [-0.25, -0.2) is 4.98 Å². The number of hydrogen-bond donors (Lipinski definition) is 0. The molecule has 0 bridgehead atoms. The summed E-state index contributed by atoms with van der Waals surface area (Å²) >= 11 is 0. The predicted octanol–water partition coefficient (Wildman–Crippen LogP) is 3.18. The van der Waals surface area contributed by atoms with Crippen LogP contribution in [0.4, 0.5) is 11.5 Å². The van der Waals surface area contributed by atoms with Crippen LogP contribution in [0, 0.1) is 10.1 Å². The van der Waals surface area contributed by atoms with Crippen LogP contribution in [0.2, 0.25) is 0 Å². The maximum absolute atomic E-state index is 11.0. The standard InChI is InChI=1S/C17H19N3O4/c1-17(2)11-19(16-8-13(20(21)22)6-7-18-16)10-12-4-5-14(23-3)9-15(12)24-17/h4-9H,10-11H2,1-3H3. The second-order valence-corrected chi connectivity index (χ2v) is 6.32. The van der Waals surface area contributed by atoms with Crippen molar-refractivity contribution in [2.75, 3.05) is 18.6 Å². The maximum Gasteiger partial charge on any atom is 0.274 e. The Morgan fingerprint density at radius 1 is 1.33 bits per heavy atom. The summed E-state index contributed by atoms with van der Waals surface area (Å²) in [6, 6.07) is 8.56. The quantitative estimate of drug-likeness (QED) is 0.636. The molecule has 0 fully saturated rings. The Balaban J connectivity index is 2.00. The molecule has 1 aliphatic heterocycles. The lowest BCUT2D eigenvalue weighted by molar-refractivity contribution is -0.384. The Labute approximate surface area is 140 Å². The highest BCUT2D eigenvalue weighted by molar-refractivity contribution is 5.51. The molecule has 2 heterocycles. The molecule has 7 heteroatoms. The van der Waals surface area contributed by atoms with Crippen LogP contribution in [0.25, 0.3) is 0 Å². The number of aromatic nitrogens is 1. The highest BCUT2D eigenvalue weighted by Crippen LogP contribution is 2.34. The Morgan fingerprint density at radius 3 is 2.83 bits per heavy atom. The molecule has 0 saturated heterocycles. The van der Waals surface area contributed by atoms with Crippen molar-refractivity contribution >= 4 is 11.5 Å². The fourth-order valence-electron chi connectivity index (χ4n) is 2.79. The highest BCUT2D eigenvalue weighted by Gasteiger charge is 2.30. The van der Waals surface area contributed by atoms with Crippen LogP contribution in [-0.4, -0.2) is 29.2 Å². The number of anilines is 1. The molecule has 7 nitrogen and oxygen atoms in total. The molecule has 0 N–H and O–H groups in total. The van der Waals surface area contributed by atoms with Gasteiger partial charge in [-0.15, -0.1) is 0 Å². The van der Waals surface area contributed by atoms with E-state index in [9.17, 15) is 10.1 Å². The lowest BCUT2D eigenvalue weighted by atomic mass is 10.1. The third-order valence-electron chi connectivity index (χ3n) is 3.86. The summed E-state index contributed by atoms with van der Waals surface area (Å²) in [4.78, 5) is 16.9. The first-order chi connectivity index (χ1) is 11.4. The van der Waals surface area contributed by atoms with Crippen LogP contribution in [0.3, 0.4) is 0 Å². The summed E-state index contributed by atoms with van der Waals surface area (Å²) in [5.41, 5.74) is 0.525. The van der Waals surface area contributed by atoms with E-state index in [1.807, 2.05) is 36.9 Å². The number of nitrogens with zero attached hydrogens (tertiary/aromatic N) is 3. The van der Waals surface area contributed by atoms with Crippen molar-refractivity contribution in [3.63, 3.8) is 0 Å². The normalized spacial score (nSPS) is 15.9. The second kappa shape index (κ2) is 5.99. The predicted molar refractivity (Wildman–Crippen MR) is 89.6 cm³/mol. The number of hydrogen-bond acceptors (Lipinski definition) is 6. The van der Waals surface area contributed by atoms with E-state index in [0.717, 1.165) is 17.1 Å². The molecular weight excluding hydrogens is 310 g/mol. The summed E-state index contributed by atoms with van der Waals surface area (Å²) < 4.78 is 11.4. The van der Waals surface area contributed by atoms with Gasteiger partial charge in [0.25, 0.3) is 5.69 Å². The molecular formula is C17H19N3O4. The Hall–Kier alpha value is -2.83. The van der Waals surface area contributed by atoms with Gasteiger partial charge in [0.05, 0.1) is 24.6 Å².